The van der Waals surface area contributed by atoms with Gasteiger partial charge < -0.3 is 5.11 Å². The maximum atomic E-state index is 13.0. The number of thioether (sulfide) groups is 2. The number of hydrogen-bond donors (Lipinski definition) is 1. The maximum absolute atomic E-state index is 13.0. The van der Waals surface area contributed by atoms with Crippen molar-refractivity contribution in [3.05, 3.63) is 160 Å². The van der Waals surface area contributed by atoms with Crippen LogP contribution in [0.3, 0.4) is 0 Å². The molecule has 4 aromatic carbocycles. The Morgan fingerprint density at radius 3 is 1.65 bits per heavy atom. The van der Waals surface area contributed by atoms with Gasteiger partial charge in [-0.2, -0.15) is 0 Å². The average molecular weight is 555 g/mol. The SMILES string of the molecule is C[C@]12SC(c3ccccc3)=NC1=C1C(=C3N=C(c4ccccc4)S[C@@]32C)[C@](O)(c2ccccc2)c2ccccc21. The van der Waals surface area contributed by atoms with E-state index < -0.39 is 15.1 Å². The number of aliphatic imine (C=N–C) groups is 2. The zero-order valence-electron chi connectivity index (χ0n) is 22.1. The monoisotopic (exact) mass is 554 g/mol. The third-order valence-electron chi connectivity index (χ3n) is 8.75. The van der Waals surface area contributed by atoms with Crippen molar-refractivity contribution >= 4 is 39.2 Å². The minimum atomic E-state index is -1.34. The molecule has 3 nitrogen and oxygen atoms in total. The van der Waals surface area contributed by atoms with Gasteiger partial charge in [-0.25, -0.2) is 9.98 Å². The van der Waals surface area contributed by atoms with Crippen LogP contribution in [0.25, 0.3) is 5.57 Å². The molecule has 0 saturated carbocycles. The molecule has 4 aromatic rings. The van der Waals surface area contributed by atoms with Crippen LogP contribution in [0, 0.1) is 0 Å². The third-order valence-corrected chi connectivity index (χ3v) is 11.9. The van der Waals surface area contributed by atoms with Crippen LogP contribution in [0.15, 0.2) is 142 Å². The van der Waals surface area contributed by atoms with Crippen LogP contribution in [0.2, 0.25) is 0 Å². The smallest absolute Gasteiger partial charge is 0.143 e. The van der Waals surface area contributed by atoms with E-state index in [1.54, 1.807) is 11.8 Å². The normalized spacial score (nSPS) is 28.1. The van der Waals surface area contributed by atoms with Gasteiger partial charge in [0.2, 0.25) is 0 Å². The summed E-state index contributed by atoms with van der Waals surface area (Å²) in [5.41, 5.74) is 7.48. The molecule has 0 bridgehead atoms. The highest BCUT2D eigenvalue weighted by atomic mass is 32.2. The van der Waals surface area contributed by atoms with Crippen molar-refractivity contribution in [2.24, 2.45) is 9.98 Å². The lowest BCUT2D eigenvalue weighted by atomic mass is 9.73. The minimum absolute atomic E-state index is 0.411. The highest BCUT2D eigenvalue weighted by molar-refractivity contribution is 8.20. The highest BCUT2D eigenvalue weighted by Gasteiger charge is 2.65. The van der Waals surface area contributed by atoms with Gasteiger partial charge in [0.25, 0.3) is 0 Å². The van der Waals surface area contributed by atoms with Gasteiger partial charge >= 0.3 is 0 Å². The Balaban J connectivity index is 1.48. The predicted octanol–water partition coefficient (Wildman–Crippen LogP) is 7.82. The summed E-state index contributed by atoms with van der Waals surface area (Å²) in [6.07, 6.45) is 0. The second-order valence-electron chi connectivity index (χ2n) is 10.9. The van der Waals surface area contributed by atoms with Gasteiger partial charge in [-0.3, -0.25) is 0 Å². The molecule has 1 N–H and O–H groups in total. The molecular formula is C35H26N2OS2. The molecule has 194 valence electrons. The predicted molar refractivity (Wildman–Crippen MR) is 168 cm³/mol. The van der Waals surface area contributed by atoms with Crippen LogP contribution in [0.1, 0.15) is 41.7 Å². The van der Waals surface area contributed by atoms with Crippen molar-refractivity contribution < 1.29 is 5.11 Å². The summed E-state index contributed by atoms with van der Waals surface area (Å²) < 4.78 is -0.881. The van der Waals surface area contributed by atoms with Crippen LogP contribution in [0.4, 0.5) is 0 Å². The Hall–Kier alpha value is -3.64. The molecule has 4 aliphatic rings. The zero-order chi connectivity index (χ0) is 27.1. The number of aliphatic hydroxyl groups is 1. The van der Waals surface area contributed by atoms with Gasteiger partial charge in [0.15, 0.2) is 0 Å². The van der Waals surface area contributed by atoms with Crippen LogP contribution < -0.4 is 0 Å². The lowest BCUT2D eigenvalue weighted by molar-refractivity contribution is 0.128. The highest BCUT2D eigenvalue weighted by Crippen LogP contribution is 2.70. The van der Waals surface area contributed by atoms with E-state index in [2.05, 4.69) is 80.6 Å². The lowest BCUT2D eigenvalue weighted by Crippen LogP contribution is -2.49. The molecule has 40 heavy (non-hydrogen) atoms. The van der Waals surface area contributed by atoms with Crippen molar-refractivity contribution in [2.75, 3.05) is 0 Å². The van der Waals surface area contributed by atoms with Gasteiger partial charge in [-0.05, 0) is 25.0 Å². The van der Waals surface area contributed by atoms with Gasteiger partial charge in [0, 0.05) is 27.8 Å². The molecule has 3 atom stereocenters. The van der Waals surface area contributed by atoms with E-state index in [-0.39, 0.29) is 0 Å². The van der Waals surface area contributed by atoms with Crippen molar-refractivity contribution in [3.63, 3.8) is 0 Å². The molecular weight excluding hydrogens is 529 g/mol. The van der Waals surface area contributed by atoms with Crippen molar-refractivity contribution in [3.8, 4) is 0 Å². The van der Waals surface area contributed by atoms with E-state index in [9.17, 15) is 5.11 Å². The van der Waals surface area contributed by atoms with Gasteiger partial charge in [0.1, 0.15) is 15.7 Å². The van der Waals surface area contributed by atoms with E-state index in [0.717, 1.165) is 60.4 Å². The number of fused-ring (bicyclic) bond motifs is 6. The molecule has 5 heteroatoms. The average Bonchev–Trinajstić information content (AvgIpc) is 3.64. The lowest BCUT2D eigenvalue weighted by Gasteiger charge is -2.45. The molecule has 2 heterocycles. The second-order valence-corrected chi connectivity index (χ2v) is 13.7. The summed E-state index contributed by atoms with van der Waals surface area (Å²) in [5.74, 6) is 0. The summed E-state index contributed by atoms with van der Waals surface area (Å²) >= 11 is 3.62. The maximum Gasteiger partial charge on any atom is 0.143 e. The van der Waals surface area contributed by atoms with E-state index in [4.69, 9.17) is 9.98 Å². The molecule has 0 fully saturated rings. The van der Waals surface area contributed by atoms with Gasteiger partial charge in [-0.15, -0.1) is 0 Å². The summed E-state index contributed by atoms with van der Waals surface area (Å²) in [7, 11) is 0. The van der Waals surface area contributed by atoms with Gasteiger partial charge in [-0.1, -0.05) is 139 Å². The van der Waals surface area contributed by atoms with Crippen LogP contribution in [-0.4, -0.2) is 24.7 Å². The fourth-order valence-corrected chi connectivity index (χ4v) is 9.45. The second kappa shape index (κ2) is 8.43. The van der Waals surface area contributed by atoms with Crippen LogP contribution in [-0.2, 0) is 5.60 Å². The molecule has 0 amide bonds. The zero-order valence-corrected chi connectivity index (χ0v) is 23.8. The molecule has 0 radical (unpaired) electrons. The Morgan fingerprint density at radius 2 is 1.05 bits per heavy atom. The van der Waals surface area contributed by atoms with Crippen molar-refractivity contribution in [2.45, 2.75) is 28.9 Å². The Morgan fingerprint density at radius 1 is 0.575 bits per heavy atom. The van der Waals surface area contributed by atoms with E-state index in [1.165, 1.54) is 0 Å². The van der Waals surface area contributed by atoms with Crippen molar-refractivity contribution in [1.29, 1.82) is 0 Å². The van der Waals surface area contributed by atoms with Crippen LogP contribution >= 0.6 is 23.5 Å². The van der Waals surface area contributed by atoms with E-state index in [1.807, 2.05) is 60.3 Å². The first-order valence-electron chi connectivity index (χ1n) is 13.5. The third kappa shape index (κ3) is 3.03. The molecule has 8 rings (SSSR count). The molecule has 2 aliphatic carbocycles. The van der Waals surface area contributed by atoms with E-state index >= 15 is 0 Å². The summed E-state index contributed by atoms with van der Waals surface area (Å²) in [4.78, 5) is 10.8. The largest absolute Gasteiger partial charge is 0.376 e. The number of hydrogen-bond acceptors (Lipinski definition) is 5. The number of rotatable bonds is 3. The molecule has 0 spiro atoms. The Labute approximate surface area is 242 Å². The first kappa shape index (κ1) is 24.2. The molecule has 0 unspecified atom stereocenters. The summed E-state index contributed by atoms with van der Waals surface area (Å²) in [5, 5.41) is 15.0. The Bertz CT molecular complexity index is 1830. The number of nitrogens with zero attached hydrogens (tertiary/aromatic N) is 2. The minimum Gasteiger partial charge on any atom is -0.376 e. The fourth-order valence-electron chi connectivity index (χ4n) is 6.57. The number of benzene rings is 4. The fraction of sp³-hybridized carbons (Fsp3) is 0.143. The first-order valence-corrected chi connectivity index (χ1v) is 15.1. The van der Waals surface area contributed by atoms with Crippen LogP contribution in [0.5, 0.6) is 0 Å². The molecule has 0 aromatic heterocycles. The quantitative estimate of drug-likeness (QED) is 0.281. The molecule has 0 saturated heterocycles. The topological polar surface area (TPSA) is 45.0 Å². The first-order chi connectivity index (χ1) is 19.4. The standard InChI is InChI=1S/C35H26N2OS2/c1-33-29(36-31(39-33)22-14-6-3-7-15-22)27-25-20-12-13-21-26(25)35(38,24-18-10-5-11-19-24)28(27)30-34(33,2)40-32(37-30)23-16-8-4-9-17-23/h3-21,38H,1-2H3/t33-,34-,35-/m0/s1. The van der Waals surface area contributed by atoms with Crippen molar-refractivity contribution in [1.82, 2.24) is 0 Å². The van der Waals surface area contributed by atoms with E-state index in [0.29, 0.717) is 0 Å². The Kier molecular flexibility index (Phi) is 5.10. The van der Waals surface area contributed by atoms with Gasteiger partial charge in [0.05, 0.1) is 20.9 Å². The molecule has 2 aliphatic heterocycles. The summed E-state index contributed by atoms with van der Waals surface area (Å²) in [6.45, 7) is 4.61. The summed E-state index contributed by atoms with van der Waals surface area (Å²) in [6, 6.07) is 39.1.